The zero-order valence-electron chi connectivity index (χ0n) is 18.8. The summed E-state index contributed by atoms with van der Waals surface area (Å²) in [6.07, 6.45) is 15.3. The summed E-state index contributed by atoms with van der Waals surface area (Å²) in [6, 6.07) is 14.3. The Hall–Kier alpha value is -3.27. The molecule has 0 N–H and O–H groups in total. The molecule has 0 aliphatic heterocycles. The van der Waals surface area contributed by atoms with Gasteiger partial charge in [-0.15, -0.1) is 0 Å². The molecule has 4 nitrogen and oxygen atoms in total. The van der Waals surface area contributed by atoms with Crippen molar-refractivity contribution >= 4 is 17.5 Å². The van der Waals surface area contributed by atoms with Crippen molar-refractivity contribution in [2.45, 2.75) is 51.4 Å². The van der Waals surface area contributed by atoms with Crippen LogP contribution in [0.2, 0.25) is 0 Å². The fourth-order valence-electron chi connectivity index (χ4n) is 5.21. The lowest BCUT2D eigenvalue weighted by atomic mass is 9.84. The maximum absolute atomic E-state index is 13.5. The van der Waals surface area contributed by atoms with Crippen molar-refractivity contribution in [3.05, 3.63) is 83.5 Å². The van der Waals surface area contributed by atoms with Gasteiger partial charge in [-0.05, 0) is 53.5 Å². The molecular weight excluding hydrogens is 410 g/mol. The third-order valence-corrected chi connectivity index (χ3v) is 7.05. The molecule has 2 aromatic carbocycles. The smallest absolute Gasteiger partial charge is 0.317 e. The summed E-state index contributed by atoms with van der Waals surface area (Å²) in [5.41, 5.74) is 5.86. The lowest BCUT2D eigenvalue weighted by Gasteiger charge is -2.21. The first-order valence-corrected chi connectivity index (χ1v) is 12.1. The Morgan fingerprint density at radius 2 is 1.76 bits per heavy atom. The van der Waals surface area contributed by atoms with E-state index in [-0.39, 0.29) is 11.7 Å². The van der Waals surface area contributed by atoms with Gasteiger partial charge in [-0.1, -0.05) is 98.0 Å². The van der Waals surface area contributed by atoms with E-state index in [0.29, 0.717) is 30.0 Å². The van der Waals surface area contributed by atoms with Gasteiger partial charge in [-0.25, -0.2) is 4.79 Å². The molecule has 33 heavy (non-hydrogen) atoms. The van der Waals surface area contributed by atoms with E-state index in [1.807, 2.05) is 48.6 Å². The fraction of sp³-hybridized carbons (Fsp3) is 0.345. The average molecular weight is 440 g/mol. The number of hydrogen-bond acceptors (Lipinski definition) is 4. The largest absolute Gasteiger partial charge is 0.342 e. The number of carbonyl (C=O) groups excluding carboxylic acids is 2. The van der Waals surface area contributed by atoms with Gasteiger partial charge in [0.2, 0.25) is 5.78 Å². The average Bonchev–Trinajstić information content (AvgIpc) is 3.25. The van der Waals surface area contributed by atoms with Gasteiger partial charge in [0.1, 0.15) is 5.71 Å². The minimum absolute atomic E-state index is 0.133. The molecule has 0 saturated heterocycles. The van der Waals surface area contributed by atoms with Gasteiger partial charge in [-0.3, -0.25) is 4.79 Å². The van der Waals surface area contributed by atoms with Gasteiger partial charge in [0, 0.05) is 5.56 Å². The molecule has 0 heterocycles. The van der Waals surface area contributed by atoms with E-state index in [1.165, 1.54) is 36.0 Å². The molecule has 0 amide bonds. The number of benzene rings is 2. The Morgan fingerprint density at radius 1 is 0.939 bits per heavy atom. The molecule has 3 aliphatic carbocycles. The monoisotopic (exact) mass is 439 g/mol. The quantitative estimate of drug-likeness (QED) is 0.192. The number of oxime groups is 1. The van der Waals surface area contributed by atoms with Crippen LogP contribution in [-0.4, -0.2) is 17.5 Å². The SMILES string of the molecule is O=C(/C(CC1CCCCC1)=N/OC(=O)C1C=CC=CC1)c1ccc2c(c1)Cc1ccccc1-2. The molecule has 0 bridgehead atoms. The van der Waals surface area contributed by atoms with Gasteiger partial charge in [0.25, 0.3) is 0 Å². The van der Waals surface area contributed by atoms with Crippen molar-refractivity contribution in [1.29, 1.82) is 0 Å². The molecule has 1 atom stereocenters. The second-order valence-electron chi connectivity index (χ2n) is 9.35. The Bertz CT molecular complexity index is 1150. The summed E-state index contributed by atoms with van der Waals surface area (Å²) < 4.78 is 0. The van der Waals surface area contributed by atoms with Crippen molar-refractivity contribution in [1.82, 2.24) is 0 Å². The number of carbonyl (C=O) groups is 2. The van der Waals surface area contributed by atoms with Crippen LogP contribution in [-0.2, 0) is 16.1 Å². The molecule has 1 unspecified atom stereocenters. The van der Waals surface area contributed by atoms with Crippen LogP contribution in [0.1, 0.15) is 66.4 Å². The van der Waals surface area contributed by atoms with Crippen LogP contribution < -0.4 is 0 Å². The first-order chi connectivity index (χ1) is 16.2. The molecule has 1 fully saturated rings. The summed E-state index contributed by atoms with van der Waals surface area (Å²) in [5.74, 6) is -0.472. The number of fused-ring (bicyclic) bond motifs is 3. The van der Waals surface area contributed by atoms with Crippen LogP contribution in [0.15, 0.2) is 71.9 Å². The van der Waals surface area contributed by atoms with E-state index >= 15 is 0 Å². The maximum atomic E-state index is 13.5. The van der Waals surface area contributed by atoms with E-state index in [2.05, 4.69) is 23.4 Å². The van der Waals surface area contributed by atoms with Gasteiger partial charge in [0.05, 0.1) is 5.92 Å². The van der Waals surface area contributed by atoms with Crippen molar-refractivity contribution in [2.24, 2.45) is 17.0 Å². The number of hydrogen-bond donors (Lipinski definition) is 0. The first kappa shape index (κ1) is 21.6. The summed E-state index contributed by atoms with van der Waals surface area (Å²) in [5, 5.41) is 4.16. The summed E-state index contributed by atoms with van der Waals surface area (Å²) >= 11 is 0. The molecule has 2 aromatic rings. The topological polar surface area (TPSA) is 55.7 Å². The predicted octanol–water partition coefficient (Wildman–Crippen LogP) is 6.44. The standard InChI is InChI=1S/C29H29NO3/c31-28(23-15-16-26-24(19-23)18-22-13-7-8-14-25(22)26)27(17-20-9-3-1-4-10-20)30-33-29(32)21-11-5-2-6-12-21/h2,5-8,11,13-16,19-21H,1,3-4,9-10,12,17-18H2/b30-27+. The molecule has 5 rings (SSSR count). The van der Waals surface area contributed by atoms with Crippen molar-refractivity contribution in [3.63, 3.8) is 0 Å². The highest BCUT2D eigenvalue weighted by Gasteiger charge is 2.26. The van der Waals surface area contributed by atoms with Gasteiger partial charge in [-0.2, -0.15) is 0 Å². The lowest BCUT2D eigenvalue weighted by Crippen LogP contribution is -2.22. The van der Waals surface area contributed by atoms with E-state index in [0.717, 1.165) is 24.8 Å². The number of Topliss-reactive ketones (excluding diaryl/α,β-unsaturated/α-hetero) is 1. The molecule has 0 radical (unpaired) electrons. The van der Waals surface area contributed by atoms with Crippen molar-refractivity contribution in [2.75, 3.05) is 0 Å². The van der Waals surface area contributed by atoms with Crippen LogP contribution in [0.3, 0.4) is 0 Å². The minimum atomic E-state index is -0.408. The third kappa shape index (κ3) is 4.75. The Balaban J connectivity index is 1.38. The second kappa shape index (κ2) is 9.70. The number of rotatable bonds is 6. The Morgan fingerprint density at radius 3 is 2.58 bits per heavy atom. The van der Waals surface area contributed by atoms with Gasteiger partial charge >= 0.3 is 5.97 Å². The fourth-order valence-corrected chi connectivity index (χ4v) is 5.21. The highest BCUT2D eigenvalue weighted by Crippen LogP contribution is 2.37. The van der Waals surface area contributed by atoms with Crippen molar-refractivity contribution < 1.29 is 14.4 Å². The first-order valence-electron chi connectivity index (χ1n) is 12.1. The molecule has 1 saturated carbocycles. The van der Waals surface area contributed by atoms with Gasteiger partial charge < -0.3 is 4.84 Å². The van der Waals surface area contributed by atoms with Crippen LogP contribution in [0, 0.1) is 11.8 Å². The minimum Gasteiger partial charge on any atom is -0.317 e. The molecule has 3 aliphatic rings. The summed E-state index contributed by atoms with van der Waals surface area (Å²) in [7, 11) is 0. The molecular formula is C29H29NO3. The number of allylic oxidation sites excluding steroid dienone is 3. The summed E-state index contributed by atoms with van der Waals surface area (Å²) in [6.45, 7) is 0. The van der Waals surface area contributed by atoms with E-state index in [9.17, 15) is 9.59 Å². The van der Waals surface area contributed by atoms with Crippen LogP contribution in [0.5, 0.6) is 0 Å². The van der Waals surface area contributed by atoms with Crippen LogP contribution in [0.4, 0.5) is 0 Å². The maximum Gasteiger partial charge on any atom is 0.342 e. The molecule has 4 heteroatoms. The molecule has 0 aromatic heterocycles. The number of ketones is 1. The van der Waals surface area contributed by atoms with E-state index in [4.69, 9.17) is 4.84 Å². The summed E-state index contributed by atoms with van der Waals surface area (Å²) in [4.78, 5) is 31.4. The van der Waals surface area contributed by atoms with Crippen LogP contribution >= 0.6 is 0 Å². The molecule has 168 valence electrons. The Labute approximate surface area is 195 Å². The second-order valence-corrected chi connectivity index (χ2v) is 9.35. The van der Waals surface area contributed by atoms with Gasteiger partial charge in [0.15, 0.2) is 0 Å². The van der Waals surface area contributed by atoms with E-state index < -0.39 is 5.97 Å². The number of nitrogens with zero attached hydrogens (tertiary/aromatic N) is 1. The van der Waals surface area contributed by atoms with Crippen LogP contribution in [0.25, 0.3) is 11.1 Å². The molecule has 0 spiro atoms. The Kier molecular flexibility index (Phi) is 6.34. The predicted molar refractivity (Wildman–Crippen MR) is 130 cm³/mol. The zero-order valence-corrected chi connectivity index (χ0v) is 18.8. The normalized spacial score (nSPS) is 19.8. The highest BCUT2D eigenvalue weighted by molar-refractivity contribution is 6.46. The van der Waals surface area contributed by atoms with E-state index in [1.54, 1.807) is 0 Å². The lowest BCUT2D eigenvalue weighted by molar-refractivity contribution is -0.146. The van der Waals surface area contributed by atoms with Crippen molar-refractivity contribution in [3.8, 4) is 11.1 Å². The highest BCUT2D eigenvalue weighted by atomic mass is 16.7. The third-order valence-electron chi connectivity index (χ3n) is 7.05. The zero-order chi connectivity index (χ0) is 22.6.